The highest BCUT2D eigenvalue weighted by atomic mass is 16.6. The lowest BCUT2D eigenvalue weighted by Crippen LogP contribution is -2.65. The zero-order valence-electron chi connectivity index (χ0n) is 28.2. The van der Waals surface area contributed by atoms with Gasteiger partial charge in [0.25, 0.3) is 0 Å². The van der Waals surface area contributed by atoms with Crippen molar-refractivity contribution in [3.05, 3.63) is 23.3 Å². The highest BCUT2D eigenvalue weighted by Crippen LogP contribution is 2.63. The minimum Gasteiger partial charge on any atom is -0.461 e. The second kappa shape index (κ2) is 14.6. The Morgan fingerprint density at radius 3 is 2.07 bits per heavy atom. The van der Waals surface area contributed by atoms with Crippen molar-refractivity contribution in [3.8, 4) is 0 Å². The van der Waals surface area contributed by atoms with E-state index >= 15 is 0 Å². The van der Waals surface area contributed by atoms with E-state index in [2.05, 4.69) is 6.92 Å². The molecule has 0 amide bonds. The standard InChI is InChI=1S/C36H58O8/c1-8-10-11-12-13-14-15-16-17-19-29(38)44-34(7)22-25(4)35-21-24(3)30(39)36(35,42)31(40)26(23-43-28(37)18-9-2)20-27(32(35)41)33(34,5)6/h20-21,25,27,30-31,39-40,42H,8-19,22-23H2,1-7H3/t25?,27?,30?,31?,34-,35?,36?/m1/s1. The molecule has 3 aliphatic rings. The van der Waals surface area contributed by atoms with Gasteiger partial charge in [0.2, 0.25) is 0 Å². The maximum atomic E-state index is 14.7. The highest BCUT2D eigenvalue weighted by Gasteiger charge is 2.73. The first-order valence-electron chi connectivity index (χ1n) is 17.0. The smallest absolute Gasteiger partial charge is 0.306 e. The fraction of sp³-hybridized carbons (Fsp3) is 0.806. The van der Waals surface area contributed by atoms with Gasteiger partial charge < -0.3 is 24.8 Å². The number of allylic oxidation sites excluding steroid dienone is 1. The van der Waals surface area contributed by atoms with Crippen LogP contribution < -0.4 is 0 Å². The fourth-order valence-corrected chi connectivity index (χ4v) is 7.97. The number of ether oxygens (including phenoxy) is 2. The van der Waals surface area contributed by atoms with Crippen molar-refractivity contribution in [2.75, 3.05) is 6.61 Å². The SMILES string of the molecule is CCCCCCCCCCCC(=O)O[C@]1(C)CC(C)C23C=C(C)C(O)C2(O)C(O)C(COC(=O)CCC)=CC(C3=O)C1(C)C. The van der Waals surface area contributed by atoms with Gasteiger partial charge in [0.05, 0.1) is 5.41 Å². The van der Waals surface area contributed by atoms with E-state index in [1.807, 2.05) is 34.6 Å². The number of fused-ring (bicyclic) bond motifs is 1. The number of unbranched alkanes of at least 4 members (excludes halogenated alkanes) is 8. The Bertz CT molecular complexity index is 1110. The fourth-order valence-electron chi connectivity index (χ4n) is 7.97. The van der Waals surface area contributed by atoms with Crippen LogP contribution >= 0.6 is 0 Å². The Morgan fingerprint density at radius 1 is 0.886 bits per heavy atom. The predicted octanol–water partition coefficient (Wildman–Crippen LogP) is 6.14. The van der Waals surface area contributed by atoms with Gasteiger partial charge in [-0.3, -0.25) is 14.4 Å². The zero-order valence-corrected chi connectivity index (χ0v) is 28.2. The largest absolute Gasteiger partial charge is 0.461 e. The Labute approximate surface area is 264 Å². The summed E-state index contributed by atoms with van der Waals surface area (Å²) in [5.74, 6) is -2.63. The summed E-state index contributed by atoms with van der Waals surface area (Å²) < 4.78 is 11.8. The quantitative estimate of drug-likeness (QED) is 0.113. The molecule has 1 spiro atoms. The van der Waals surface area contributed by atoms with Crippen LogP contribution in [-0.2, 0) is 23.9 Å². The van der Waals surface area contributed by atoms with Gasteiger partial charge in [0, 0.05) is 24.2 Å². The van der Waals surface area contributed by atoms with Crippen LogP contribution in [0, 0.1) is 22.7 Å². The van der Waals surface area contributed by atoms with Gasteiger partial charge in [0.15, 0.2) is 5.78 Å². The molecular weight excluding hydrogens is 560 g/mol. The summed E-state index contributed by atoms with van der Waals surface area (Å²) in [6.07, 6.45) is 11.6. The molecular formula is C36H58O8. The Hall–Kier alpha value is -2.03. The van der Waals surface area contributed by atoms with Crippen molar-refractivity contribution in [1.29, 1.82) is 0 Å². The maximum absolute atomic E-state index is 14.7. The molecule has 44 heavy (non-hydrogen) atoms. The Balaban J connectivity index is 1.89. The summed E-state index contributed by atoms with van der Waals surface area (Å²) in [5, 5.41) is 35.3. The van der Waals surface area contributed by atoms with Crippen molar-refractivity contribution in [2.45, 2.75) is 155 Å². The number of carbonyl (C=O) groups is 3. The van der Waals surface area contributed by atoms with Crippen LogP contribution in [0.2, 0.25) is 0 Å². The van der Waals surface area contributed by atoms with Crippen LogP contribution in [0.3, 0.4) is 0 Å². The number of esters is 2. The van der Waals surface area contributed by atoms with Crippen LogP contribution in [0.15, 0.2) is 23.3 Å². The van der Waals surface area contributed by atoms with E-state index in [1.54, 1.807) is 19.1 Å². The summed E-state index contributed by atoms with van der Waals surface area (Å²) in [6, 6.07) is 0. The molecule has 0 radical (unpaired) electrons. The molecule has 0 aliphatic heterocycles. The molecule has 8 heteroatoms. The number of aliphatic hydroxyl groups is 3. The molecule has 7 atom stereocenters. The van der Waals surface area contributed by atoms with Gasteiger partial charge in [-0.05, 0) is 50.2 Å². The van der Waals surface area contributed by atoms with Gasteiger partial charge in [-0.15, -0.1) is 0 Å². The number of carbonyl (C=O) groups excluding carboxylic acids is 3. The van der Waals surface area contributed by atoms with Crippen molar-refractivity contribution < 1.29 is 39.2 Å². The molecule has 3 rings (SSSR count). The van der Waals surface area contributed by atoms with Crippen molar-refractivity contribution in [1.82, 2.24) is 0 Å². The third kappa shape index (κ3) is 6.59. The molecule has 0 aromatic rings. The summed E-state index contributed by atoms with van der Waals surface area (Å²) in [7, 11) is 0. The van der Waals surface area contributed by atoms with Gasteiger partial charge in [-0.25, -0.2) is 0 Å². The second-order valence-corrected chi connectivity index (χ2v) is 14.5. The number of hydrogen-bond acceptors (Lipinski definition) is 8. The first-order chi connectivity index (χ1) is 20.6. The molecule has 0 aromatic carbocycles. The molecule has 0 aromatic heterocycles. The zero-order chi connectivity index (χ0) is 32.9. The number of Topliss-reactive ketones (excluding diaryl/α,β-unsaturated/α-hetero) is 1. The van der Waals surface area contributed by atoms with E-state index in [-0.39, 0.29) is 43.2 Å². The van der Waals surface area contributed by atoms with E-state index in [0.29, 0.717) is 12.0 Å². The van der Waals surface area contributed by atoms with Crippen LogP contribution in [0.25, 0.3) is 0 Å². The normalized spacial score (nSPS) is 34.4. The molecule has 1 fully saturated rings. The first-order valence-corrected chi connectivity index (χ1v) is 17.0. The minimum atomic E-state index is -2.28. The number of rotatable bonds is 15. The first kappa shape index (κ1) is 36.4. The molecule has 8 nitrogen and oxygen atoms in total. The van der Waals surface area contributed by atoms with Crippen LogP contribution in [0.1, 0.15) is 132 Å². The summed E-state index contributed by atoms with van der Waals surface area (Å²) in [5.41, 5.74) is -5.46. The van der Waals surface area contributed by atoms with E-state index in [1.165, 1.54) is 38.5 Å². The Kier molecular flexibility index (Phi) is 12.1. The number of hydrogen-bond donors (Lipinski definition) is 3. The monoisotopic (exact) mass is 618 g/mol. The van der Waals surface area contributed by atoms with E-state index in [0.717, 1.165) is 19.3 Å². The van der Waals surface area contributed by atoms with Crippen LogP contribution in [0.4, 0.5) is 0 Å². The van der Waals surface area contributed by atoms with Gasteiger partial charge in [-0.2, -0.15) is 0 Å². The van der Waals surface area contributed by atoms with Crippen molar-refractivity contribution in [3.63, 3.8) is 0 Å². The Morgan fingerprint density at radius 2 is 1.48 bits per heavy atom. The topological polar surface area (TPSA) is 130 Å². The third-order valence-corrected chi connectivity index (χ3v) is 11.1. The molecule has 3 aliphatic carbocycles. The van der Waals surface area contributed by atoms with E-state index < -0.39 is 52.0 Å². The van der Waals surface area contributed by atoms with Crippen LogP contribution in [0.5, 0.6) is 0 Å². The average Bonchev–Trinajstić information content (AvgIpc) is 3.11. The number of ketones is 1. The average molecular weight is 619 g/mol. The number of aliphatic hydroxyl groups excluding tert-OH is 2. The lowest BCUT2D eigenvalue weighted by Gasteiger charge is -2.48. The molecule has 6 unspecified atom stereocenters. The second-order valence-electron chi connectivity index (χ2n) is 14.5. The molecule has 2 bridgehead atoms. The minimum absolute atomic E-state index is 0.157. The van der Waals surface area contributed by atoms with Gasteiger partial charge in [-0.1, -0.05) is 98.1 Å². The van der Waals surface area contributed by atoms with E-state index in [9.17, 15) is 29.7 Å². The molecule has 1 saturated carbocycles. The molecule has 0 heterocycles. The predicted molar refractivity (Wildman–Crippen MR) is 170 cm³/mol. The van der Waals surface area contributed by atoms with Crippen molar-refractivity contribution in [2.24, 2.45) is 22.7 Å². The molecule has 3 N–H and O–H groups in total. The molecule has 250 valence electrons. The lowest BCUT2D eigenvalue weighted by atomic mass is 9.59. The molecule has 0 saturated heterocycles. The highest BCUT2D eigenvalue weighted by molar-refractivity contribution is 5.95. The van der Waals surface area contributed by atoms with Gasteiger partial charge >= 0.3 is 11.9 Å². The lowest BCUT2D eigenvalue weighted by molar-refractivity contribution is -0.192. The summed E-state index contributed by atoms with van der Waals surface area (Å²) in [4.78, 5) is 40.3. The maximum Gasteiger partial charge on any atom is 0.306 e. The summed E-state index contributed by atoms with van der Waals surface area (Å²) in [6.45, 7) is 12.8. The summed E-state index contributed by atoms with van der Waals surface area (Å²) >= 11 is 0. The van der Waals surface area contributed by atoms with Crippen LogP contribution in [-0.4, -0.2) is 63.1 Å². The van der Waals surface area contributed by atoms with E-state index in [4.69, 9.17) is 9.47 Å². The third-order valence-electron chi connectivity index (χ3n) is 11.1. The van der Waals surface area contributed by atoms with Crippen molar-refractivity contribution >= 4 is 17.7 Å². The van der Waals surface area contributed by atoms with Gasteiger partial charge in [0.1, 0.15) is 30.0 Å².